The molecule has 4 rings (SSSR count). The van der Waals surface area contributed by atoms with E-state index in [0.29, 0.717) is 53.4 Å². The van der Waals surface area contributed by atoms with Gasteiger partial charge in [0.25, 0.3) is 0 Å². The van der Waals surface area contributed by atoms with Gasteiger partial charge in [0.15, 0.2) is 16.6 Å². The fourth-order valence-corrected chi connectivity index (χ4v) is 4.79. The summed E-state index contributed by atoms with van der Waals surface area (Å²) in [4.78, 5) is 14.1. The molecule has 8 nitrogen and oxygen atoms in total. The molecule has 0 saturated carbocycles. The second kappa shape index (κ2) is 12.5. The molecule has 1 atom stereocenters. The second-order valence-corrected chi connectivity index (χ2v) is 8.94. The summed E-state index contributed by atoms with van der Waals surface area (Å²) in [6.07, 6.45) is 0.772. The molecule has 1 N–H and O–H groups in total. The molecule has 0 radical (unpaired) electrons. The van der Waals surface area contributed by atoms with Gasteiger partial charge in [0.1, 0.15) is 18.1 Å². The Labute approximate surface area is 228 Å². The average molecular weight is 537 g/mol. The smallest absolute Gasteiger partial charge is 0.338 e. The first-order valence-corrected chi connectivity index (χ1v) is 12.7. The molecule has 3 aromatic carbocycles. The summed E-state index contributed by atoms with van der Waals surface area (Å²) in [5.41, 5.74) is 3.45. The predicted molar refractivity (Wildman–Crippen MR) is 150 cm³/mol. The van der Waals surface area contributed by atoms with Crippen LogP contribution in [0.25, 0.3) is 0 Å². The number of methoxy groups -OCH3 is 3. The van der Waals surface area contributed by atoms with Crippen molar-refractivity contribution in [3.63, 3.8) is 0 Å². The highest BCUT2D eigenvalue weighted by molar-refractivity contribution is 7.80. The standard InChI is InChI=1S/C29H32N2O6S/c1-5-36-28(32)19-10-12-21(13-11-19)37-18-24-22-17-27(35-4)26(34-3)16-20(22)14-15-31(24)29(38)30-23-8-6-7-9-25(23)33-2/h6-13,16-17,24H,5,14-15,18H2,1-4H3,(H,30,38)/t24-/m0/s1. The van der Waals surface area contributed by atoms with Crippen LogP contribution in [0.1, 0.15) is 34.5 Å². The van der Waals surface area contributed by atoms with Crippen molar-refractivity contribution in [1.82, 2.24) is 4.90 Å². The molecule has 200 valence electrons. The maximum absolute atomic E-state index is 12.0. The number of hydrogen-bond acceptors (Lipinski definition) is 7. The first kappa shape index (κ1) is 27.1. The first-order valence-electron chi connectivity index (χ1n) is 12.3. The molecular weight excluding hydrogens is 504 g/mol. The highest BCUT2D eigenvalue weighted by Gasteiger charge is 2.32. The van der Waals surface area contributed by atoms with E-state index in [2.05, 4.69) is 10.2 Å². The van der Waals surface area contributed by atoms with Gasteiger partial charge in [0.05, 0.1) is 45.2 Å². The lowest BCUT2D eigenvalue weighted by molar-refractivity contribution is 0.0526. The largest absolute Gasteiger partial charge is 0.495 e. The van der Waals surface area contributed by atoms with Crippen LogP contribution >= 0.6 is 12.2 Å². The first-order chi connectivity index (χ1) is 18.5. The van der Waals surface area contributed by atoms with Crippen molar-refractivity contribution in [3.05, 3.63) is 77.4 Å². The number of esters is 1. The minimum Gasteiger partial charge on any atom is -0.495 e. The number of nitrogens with zero attached hydrogens (tertiary/aromatic N) is 1. The van der Waals surface area contributed by atoms with Crippen molar-refractivity contribution in [2.45, 2.75) is 19.4 Å². The third kappa shape index (κ3) is 5.94. The summed E-state index contributed by atoms with van der Waals surface area (Å²) in [6.45, 7) is 3.10. The van der Waals surface area contributed by atoms with E-state index >= 15 is 0 Å². The van der Waals surface area contributed by atoms with Crippen LogP contribution in [-0.2, 0) is 11.2 Å². The average Bonchev–Trinajstić information content (AvgIpc) is 2.95. The maximum Gasteiger partial charge on any atom is 0.338 e. The summed E-state index contributed by atoms with van der Waals surface area (Å²) < 4.78 is 27.9. The van der Waals surface area contributed by atoms with Crippen LogP contribution in [0.2, 0.25) is 0 Å². The molecule has 0 aliphatic carbocycles. The van der Waals surface area contributed by atoms with Gasteiger partial charge in [-0.2, -0.15) is 0 Å². The van der Waals surface area contributed by atoms with Gasteiger partial charge in [-0.3, -0.25) is 0 Å². The molecular formula is C29H32N2O6S. The van der Waals surface area contributed by atoms with Gasteiger partial charge < -0.3 is 33.9 Å². The Hall–Kier alpha value is -3.98. The molecule has 0 saturated heterocycles. The zero-order valence-corrected chi connectivity index (χ0v) is 22.8. The maximum atomic E-state index is 12.0. The van der Waals surface area contributed by atoms with Crippen molar-refractivity contribution in [3.8, 4) is 23.0 Å². The Kier molecular flexibility index (Phi) is 8.91. The predicted octanol–water partition coefficient (Wildman–Crippen LogP) is 5.26. The van der Waals surface area contributed by atoms with Crippen molar-refractivity contribution >= 4 is 29.0 Å². The van der Waals surface area contributed by atoms with E-state index in [-0.39, 0.29) is 12.0 Å². The van der Waals surface area contributed by atoms with Gasteiger partial charge in [-0.25, -0.2) is 4.79 Å². The van der Waals surface area contributed by atoms with Gasteiger partial charge in [0.2, 0.25) is 0 Å². The van der Waals surface area contributed by atoms with Gasteiger partial charge in [-0.05, 0) is 85.2 Å². The number of hydrogen-bond donors (Lipinski definition) is 1. The highest BCUT2D eigenvalue weighted by atomic mass is 32.1. The molecule has 0 fully saturated rings. The molecule has 38 heavy (non-hydrogen) atoms. The van der Waals surface area contributed by atoms with E-state index in [1.165, 1.54) is 0 Å². The lowest BCUT2D eigenvalue weighted by Gasteiger charge is -2.39. The molecule has 0 amide bonds. The molecule has 9 heteroatoms. The van der Waals surface area contributed by atoms with Gasteiger partial charge in [-0.1, -0.05) is 12.1 Å². The highest BCUT2D eigenvalue weighted by Crippen LogP contribution is 2.39. The van der Waals surface area contributed by atoms with E-state index in [0.717, 1.165) is 23.2 Å². The minimum atomic E-state index is -0.361. The summed E-state index contributed by atoms with van der Waals surface area (Å²) in [5.74, 6) is 2.30. The summed E-state index contributed by atoms with van der Waals surface area (Å²) >= 11 is 5.88. The van der Waals surface area contributed by atoms with Crippen LogP contribution in [-0.4, -0.2) is 57.1 Å². The SMILES string of the molecule is CCOC(=O)c1ccc(OC[C@H]2c3cc(OC)c(OC)cc3CCN2C(=S)Nc2ccccc2OC)cc1. The van der Waals surface area contributed by atoms with E-state index < -0.39 is 0 Å². The molecule has 0 unspecified atom stereocenters. The lowest BCUT2D eigenvalue weighted by Crippen LogP contribution is -2.44. The van der Waals surface area contributed by atoms with Crippen LogP contribution in [0, 0.1) is 0 Å². The van der Waals surface area contributed by atoms with Crippen molar-refractivity contribution in [2.24, 2.45) is 0 Å². The fourth-order valence-electron chi connectivity index (χ4n) is 4.46. The zero-order valence-electron chi connectivity index (χ0n) is 22.0. The number of rotatable bonds is 9. The number of carbonyl (C=O) groups excluding carboxylic acids is 1. The molecule has 0 spiro atoms. The Balaban J connectivity index is 1.61. The van der Waals surface area contributed by atoms with E-state index in [1.807, 2.05) is 36.4 Å². The van der Waals surface area contributed by atoms with Crippen molar-refractivity contribution in [1.29, 1.82) is 0 Å². The second-order valence-electron chi connectivity index (χ2n) is 8.55. The molecule has 3 aromatic rings. The van der Waals surface area contributed by atoms with Crippen molar-refractivity contribution in [2.75, 3.05) is 46.4 Å². The van der Waals surface area contributed by atoms with Crippen LogP contribution in [0.15, 0.2) is 60.7 Å². The summed E-state index contributed by atoms with van der Waals surface area (Å²) in [7, 11) is 4.88. The number of ether oxygens (including phenoxy) is 5. The molecule has 1 heterocycles. The molecule has 0 bridgehead atoms. The number of anilines is 1. The normalized spacial score (nSPS) is 14.2. The third-order valence-corrected chi connectivity index (χ3v) is 6.72. The Morgan fingerprint density at radius 2 is 1.66 bits per heavy atom. The molecule has 1 aliphatic rings. The Morgan fingerprint density at radius 3 is 2.34 bits per heavy atom. The van der Waals surface area contributed by atoms with Crippen LogP contribution < -0.4 is 24.3 Å². The van der Waals surface area contributed by atoms with Crippen LogP contribution in [0.4, 0.5) is 5.69 Å². The summed E-state index contributed by atoms with van der Waals surface area (Å²) in [6, 6.07) is 18.4. The van der Waals surface area contributed by atoms with E-state index in [9.17, 15) is 4.79 Å². The topological polar surface area (TPSA) is 78.5 Å². The monoisotopic (exact) mass is 536 g/mol. The minimum absolute atomic E-state index is 0.210. The number of para-hydroxylation sites is 2. The number of benzene rings is 3. The van der Waals surface area contributed by atoms with Crippen LogP contribution in [0.5, 0.6) is 23.0 Å². The van der Waals surface area contributed by atoms with Crippen LogP contribution in [0.3, 0.4) is 0 Å². The Morgan fingerprint density at radius 1 is 0.974 bits per heavy atom. The molecule has 1 aliphatic heterocycles. The zero-order chi connectivity index (χ0) is 27.1. The van der Waals surface area contributed by atoms with Gasteiger partial charge >= 0.3 is 5.97 Å². The number of nitrogens with one attached hydrogen (secondary N) is 1. The van der Waals surface area contributed by atoms with E-state index in [4.69, 9.17) is 35.9 Å². The number of carbonyl (C=O) groups is 1. The number of thiocarbonyl (C=S) groups is 1. The quantitative estimate of drug-likeness (QED) is 0.291. The Bertz CT molecular complexity index is 1280. The van der Waals surface area contributed by atoms with Gasteiger partial charge in [0, 0.05) is 6.54 Å². The summed E-state index contributed by atoms with van der Waals surface area (Å²) in [5, 5.41) is 3.90. The van der Waals surface area contributed by atoms with E-state index in [1.54, 1.807) is 52.5 Å². The number of fused-ring (bicyclic) bond motifs is 1. The lowest BCUT2D eigenvalue weighted by atomic mass is 9.92. The third-order valence-electron chi connectivity index (χ3n) is 6.39. The fraction of sp³-hybridized carbons (Fsp3) is 0.310. The van der Waals surface area contributed by atoms with Crippen molar-refractivity contribution < 1.29 is 28.5 Å². The molecule has 0 aromatic heterocycles. The van der Waals surface area contributed by atoms with Gasteiger partial charge in [-0.15, -0.1) is 0 Å².